The second-order valence-electron chi connectivity index (χ2n) is 6.07. The van der Waals surface area contributed by atoms with Gasteiger partial charge in [0.2, 0.25) is 5.91 Å². The van der Waals surface area contributed by atoms with E-state index in [0.29, 0.717) is 22.2 Å². The molecule has 0 aliphatic heterocycles. The number of aryl methyl sites for hydroxylation is 1. The molecule has 0 unspecified atom stereocenters. The first kappa shape index (κ1) is 19.9. The van der Waals surface area contributed by atoms with E-state index < -0.39 is 0 Å². The highest BCUT2D eigenvalue weighted by molar-refractivity contribution is 7.99. The molecule has 0 bridgehead atoms. The zero-order chi connectivity index (χ0) is 19.4. The van der Waals surface area contributed by atoms with Crippen LogP contribution in [0, 0.1) is 0 Å². The van der Waals surface area contributed by atoms with Gasteiger partial charge >= 0.3 is 0 Å². The lowest BCUT2D eigenvalue weighted by Gasteiger charge is -2.06. The van der Waals surface area contributed by atoms with Gasteiger partial charge < -0.3 is 9.88 Å². The number of ketones is 1. The lowest BCUT2D eigenvalue weighted by Crippen LogP contribution is -2.18. The third-order valence-electron chi connectivity index (χ3n) is 3.90. The number of aromatic nitrogens is 2. The molecule has 0 aliphatic rings. The third kappa shape index (κ3) is 4.91. The van der Waals surface area contributed by atoms with Crippen molar-refractivity contribution < 1.29 is 9.59 Å². The predicted molar refractivity (Wildman–Crippen MR) is 112 cm³/mol. The molecule has 8 heteroatoms. The van der Waals surface area contributed by atoms with Crippen LogP contribution >= 0.6 is 34.7 Å². The average Bonchev–Trinajstić information content (AvgIpc) is 3.23. The lowest BCUT2D eigenvalue weighted by atomic mass is 10.3. The molecule has 0 saturated heterocycles. The van der Waals surface area contributed by atoms with Crippen molar-refractivity contribution >= 4 is 57.4 Å². The average molecular weight is 422 g/mol. The minimum Gasteiger partial charge on any atom is -0.351 e. The number of imidazole rings is 1. The van der Waals surface area contributed by atoms with E-state index in [1.54, 1.807) is 0 Å². The summed E-state index contributed by atoms with van der Waals surface area (Å²) in [7, 11) is 0. The molecule has 0 atom stereocenters. The number of fused-ring (bicyclic) bond motifs is 1. The summed E-state index contributed by atoms with van der Waals surface area (Å²) in [4.78, 5) is 29.9. The number of carbonyl (C=O) groups is 2. The topological polar surface area (TPSA) is 64.0 Å². The van der Waals surface area contributed by atoms with Gasteiger partial charge in [0.25, 0.3) is 0 Å². The number of nitrogens with one attached hydrogen (secondary N) is 1. The van der Waals surface area contributed by atoms with Gasteiger partial charge in [0, 0.05) is 23.4 Å². The minimum absolute atomic E-state index is 0.0622. The van der Waals surface area contributed by atoms with Gasteiger partial charge in [-0.25, -0.2) is 4.98 Å². The van der Waals surface area contributed by atoms with Gasteiger partial charge in [-0.15, -0.1) is 11.3 Å². The van der Waals surface area contributed by atoms with Gasteiger partial charge in [-0.1, -0.05) is 30.3 Å². The predicted octanol–water partition coefficient (Wildman–Crippen LogP) is 4.77. The van der Waals surface area contributed by atoms with Crippen LogP contribution in [-0.4, -0.2) is 27.0 Å². The Bertz CT molecular complexity index is 981. The van der Waals surface area contributed by atoms with Gasteiger partial charge in [-0.2, -0.15) is 0 Å². The van der Waals surface area contributed by atoms with E-state index >= 15 is 0 Å². The number of thioether (sulfide) groups is 1. The van der Waals surface area contributed by atoms with Crippen LogP contribution in [0.5, 0.6) is 0 Å². The van der Waals surface area contributed by atoms with E-state index in [0.717, 1.165) is 34.0 Å². The Morgan fingerprint density at radius 2 is 2.11 bits per heavy atom. The van der Waals surface area contributed by atoms with Gasteiger partial charge in [-0.05, 0) is 36.8 Å². The SMILES string of the molecule is CCCn1c(SCC(=O)c2ccc(CNC(C)=O)s2)nc2cc(Cl)ccc21. The third-order valence-corrected chi connectivity index (χ3v) is 6.24. The van der Waals surface area contributed by atoms with Crippen LogP contribution in [-0.2, 0) is 17.9 Å². The van der Waals surface area contributed by atoms with Crippen LogP contribution in [0.25, 0.3) is 11.0 Å². The molecule has 3 rings (SSSR count). The van der Waals surface area contributed by atoms with Crippen LogP contribution in [0.3, 0.4) is 0 Å². The smallest absolute Gasteiger partial charge is 0.217 e. The molecule has 2 heterocycles. The van der Waals surface area contributed by atoms with Crippen LogP contribution in [0.4, 0.5) is 0 Å². The fourth-order valence-corrected chi connectivity index (χ4v) is 4.73. The number of carbonyl (C=O) groups excluding carboxylic acids is 2. The largest absolute Gasteiger partial charge is 0.351 e. The quantitative estimate of drug-likeness (QED) is 0.420. The van der Waals surface area contributed by atoms with Crippen LogP contribution < -0.4 is 5.32 Å². The Morgan fingerprint density at radius 1 is 1.30 bits per heavy atom. The number of amides is 1. The molecule has 27 heavy (non-hydrogen) atoms. The van der Waals surface area contributed by atoms with Crippen LogP contribution in [0.15, 0.2) is 35.5 Å². The Labute approximate surface area is 171 Å². The molecule has 2 aromatic heterocycles. The molecule has 0 fully saturated rings. The molecule has 0 aliphatic carbocycles. The highest BCUT2D eigenvalue weighted by Crippen LogP contribution is 2.28. The van der Waals surface area contributed by atoms with E-state index in [4.69, 9.17) is 11.6 Å². The maximum absolute atomic E-state index is 12.6. The number of benzene rings is 1. The second kappa shape index (κ2) is 8.91. The normalized spacial score (nSPS) is 11.1. The fraction of sp³-hybridized carbons (Fsp3) is 0.316. The monoisotopic (exact) mass is 421 g/mol. The molecule has 0 spiro atoms. The van der Waals surface area contributed by atoms with Crippen molar-refractivity contribution in [2.45, 2.75) is 38.5 Å². The maximum atomic E-state index is 12.6. The van der Waals surface area contributed by atoms with E-state index in [1.165, 1.54) is 30.0 Å². The number of Topliss-reactive ketones (excluding diaryl/α,β-unsaturated/α-hetero) is 1. The van der Waals surface area contributed by atoms with Crippen molar-refractivity contribution in [3.05, 3.63) is 45.1 Å². The first-order chi connectivity index (χ1) is 13.0. The number of rotatable bonds is 8. The van der Waals surface area contributed by atoms with Crippen molar-refractivity contribution in [1.29, 1.82) is 0 Å². The van der Waals surface area contributed by atoms with Crippen molar-refractivity contribution in [3.63, 3.8) is 0 Å². The Morgan fingerprint density at radius 3 is 2.85 bits per heavy atom. The Hall–Kier alpha value is -1.83. The molecular weight excluding hydrogens is 402 g/mol. The standard InChI is InChI=1S/C19H20ClN3O2S2/c1-3-8-23-16-6-4-13(20)9-15(16)22-19(23)26-11-17(25)18-7-5-14(27-18)10-21-12(2)24/h4-7,9H,3,8,10-11H2,1-2H3,(H,21,24). The van der Waals surface area contributed by atoms with Crippen molar-refractivity contribution in [2.75, 3.05) is 5.75 Å². The minimum atomic E-state index is -0.0817. The highest BCUT2D eigenvalue weighted by atomic mass is 35.5. The van der Waals surface area contributed by atoms with Gasteiger partial charge in [0.1, 0.15) is 0 Å². The molecule has 0 saturated carbocycles. The number of thiophene rings is 1. The summed E-state index contributed by atoms with van der Waals surface area (Å²) in [5.74, 6) is 0.301. The van der Waals surface area contributed by atoms with Crippen LogP contribution in [0.2, 0.25) is 5.02 Å². The van der Waals surface area contributed by atoms with E-state index in [2.05, 4.69) is 21.8 Å². The molecule has 1 N–H and O–H groups in total. The van der Waals surface area contributed by atoms with Gasteiger partial charge in [-0.3, -0.25) is 9.59 Å². The zero-order valence-electron chi connectivity index (χ0n) is 15.1. The summed E-state index contributed by atoms with van der Waals surface area (Å²) in [5.41, 5.74) is 1.88. The number of nitrogens with zero attached hydrogens (tertiary/aromatic N) is 2. The van der Waals surface area contributed by atoms with Crippen LogP contribution in [0.1, 0.15) is 34.8 Å². The summed E-state index contributed by atoms with van der Waals surface area (Å²) < 4.78 is 2.14. The van der Waals surface area contributed by atoms with Gasteiger partial charge in [0.15, 0.2) is 10.9 Å². The summed E-state index contributed by atoms with van der Waals surface area (Å²) in [5, 5.41) is 4.23. The molecule has 1 amide bonds. The van der Waals surface area contributed by atoms with E-state index in [-0.39, 0.29) is 11.7 Å². The number of hydrogen-bond donors (Lipinski definition) is 1. The van der Waals surface area contributed by atoms with Gasteiger partial charge in [0.05, 0.1) is 28.2 Å². The molecule has 3 aromatic rings. The molecular formula is C19H20ClN3O2S2. The van der Waals surface area contributed by atoms with Crippen molar-refractivity contribution in [2.24, 2.45) is 0 Å². The zero-order valence-corrected chi connectivity index (χ0v) is 17.5. The van der Waals surface area contributed by atoms with Crippen molar-refractivity contribution in [1.82, 2.24) is 14.9 Å². The first-order valence-electron chi connectivity index (χ1n) is 8.63. The summed E-state index contributed by atoms with van der Waals surface area (Å²) in [6.45, 7) is 4.89. The molecule has 1 aromatic carbocycles. The van der Waals surface area contributed by atoms with E-state index in [1.807, 2.05) is 30.3 Å². The summed E-state index contributed by atoms with van der Waals surface area (Å²) >= 11 is 8.94. The maximum Gasteiger partial charge on any atom is 0.217 e. The Kier molecular flexibility index (Phi) is 6.57. The molecule has 142 valence electrons. The second-order valence-corrected chi connectivity index (χ2v) is 8.61. The first-order valence-corrected chi connectivity index (χ1v) is 10.8. The lowest BCUT2D eigenvalue weighted by molar-refractivity contribution is -0.119. The molecule has 0 radical (unpaired) electrons. The highest BCUT2D eigenvalue weighted by Gasteiger charge is 2.15. The molecule has 5 nitrogen and oxygen atoms in total. The summed E-state index contributed by atoms with van der Waals surface area (Å²) in [6.07, 6.45) is 0.979. The summed E-state index contributed by atoms with van der Waals surface area (Å²) in [6, 6.07) is 9.38. The number of halogens is 1. The number of hydrogen-bond acceptors (Lipinski definition) is 5. The fourth-order valence-electron chi connectivity index (χ4n) is 2.67. The van der Waals surface area contributed by atoms with E-state index in [9.17, 15) is 9.59 Å². The van der Waals surface area contributed by atoms with Crippen molar-refractivity contribution in [3.8, 4) is 0 Å². The Balaban J connectivity index is 1.71.